The number of hydrogen-bond acceptors (Lipinski definition) is 1. The van der Waals surface area contributed by atoms with Gasteiger partial charge in [-0.3, -0.25) is 0 Å². The lowest BCUT2D eigenvalue weighted by Gasteiger charge is -2.28. The fraction of sp³-hybridized carbons (Fsp3) is 0.765. The van der Waals surface area contributed by atoms with E-state index in [-0.39, 0.29) is 0 Å². The van der Waals surface area contributed by atoms with Crippen LogP contribution in [0.2, 0.25) is 0 Å². The van der Waals surface area contributed by atoms with E-state index in [0.717, 1.165) is 0 Å². The average Bonchev–Trinajstić information content (AvgIpc) is 2.37. The summed E-state index contributed by atoms with van der Waals surface area (Å²) in [6.45, 7) is 6.05. The summed E-state index contributed by atoms with van der Waals surface area (Å²) in [7, 11) is 0. The van der Waals surface area contributed by atoms with Crippen molar-refractivity contribution in [3.63, 3.8) is 0 Å². The van der Waals surface area contributed by atoms with Gasteiger partial charge < -0.3 is 4.90 Å². The van der Waals surface area contributed by atoms with E-state index < -0.39 is 0 Å². The summed E-state index contributed by atoms with van der Waals surface area (Å²) < 4.78 is 0. The van der Waals surface area contributed by atoms with Gasteiger partial charge >= 0.3 is 0 Å². The third-order valence-corrected chi connectivity index (χ3v) is 4.03. The molecule has 0 bridgehead atoms. The van der Waals surface area contributed by atoms with Crippen LogP contribution >= 0.6 is 0 Å². The molecular formula is C17H31N. The van der Waals surface area contributed by atoms with Gasteiger partial charge in [-0.05, 0) is 32.2 Å². The highest BCUT2D eigenvalue weighted by Crippen LogP contribution is 2.20. The molecule has 0 atom stereocenters. The van der Waals surface area contributed by atoms with E-state index >= 15 is 0 Å². The van der Waals surface area contributed by atoms with Crippen molar-refractivity contribution >= 4 is 0 Å². The minimum atomic E-state index is 0.679. The molecule has 1 aliphatic rings. The first-order valence-corrected chi connectivity index (χ1v) is 7.91. The molecule has 1 heteroatoms. The monoisotopic (exact) mass is 249 g/mol. The Morgan fingerprint density at radius 2 is 1.28 bits per heavy atom. The van der Waals surface area contributed by atoms with E-state index in [1.807, 2.05) is 6.20 Å². The van der Waals surface area contributed by atoms with Gasteiger partial charge in [0, 0.05) is 6.04 Å². The minimum Gasteiger partial charge on any atom is -0.352 e. The van der Waals surface area contributed by atoms with Crippen LogP contribution in [0.3, 0.4) is 0 Å². The smallest absolute Gasteiger partial charge is 0.0330 e. The third-order valence-electron chi connectivity index (χ3n) is 4.03. The summed E-state index contributed by atoms with van der Waals surface area (Å²) in [6.07, 6.45) is 21.8. The van der Waals surface area contributed by atoms with Gasteiger partial charge in [0.15, 0.2) is 0 Å². The summed E-state index contributed by atoms with van der Waals surface area (Å²) in [4.78, 5) is 2.33. The van der Waals surface area contributed by atoms with Gasteiger partial charge in [0.2, 0.25) is 0 Å². The van der Waals surface area contributed by atoms with Gasteiger partial charge in [-0.15, -0.1) is 0 Å². The molecule has 18 heavy (non-hydrogen) atoms. The zero-order valence-corrected chi connectivity index (χ0v) is 12.2. The molecule has 0 amide bonds. The summed E-state index contributed by atoms with van der Waals surface area (Å²) in [5.74, 6) is 0. The van der Waals surface area contributed by atoms with Gasteiger partial charge in [-0.2, -0.15) is 0 Å². The summed E-state index contributed by atoms with van der Waals surface area (Å²) in [6, 6.07) is 0.679. The standard InChI is InChI=1S/C17H31N/c1-3-16-18(4-2)17-14-12-10-8-6-5-7-9-11-13-15-17/h3-4,16-17H,2,5-15H2,1H3/b16-3-. The third kappa shape index (κ3) is 6.28. The van der Waals surface area contributed by atoms with Crippen molar-refractivity contribution in [1.82, 2.24) is 4.90 Å². The summed E-state index contributed by atoms with van der Waals surface area (Å²) >= 11 is 0. The largest absolute Gasteiger partial charge is 0.352 e. The number of hydrogen-bond donors (Lipinski definition) is 0. The van der Waals surface area contributed by atoms with Crippen LogP contribution in [-0.4, -0.2) is 10.9 Å². The Bertz CT molecular complexity index is 220. The van der Waals surface area contributed by atoms with Crippen LogP contribution in [0, 0.1) is 0 Å². The van der Waals surface area contributed by atoms with E-state index in [1.165, 1.54) is 70.6 Å². The number of nitrogens with zero attached hydrogens (tertiary/aromatic N) is 1. The highest BCUT2D eigenvalue weighted by Gasteiger charge is 2.12. The lowest BCUT2D eigenvalue weighted by molar-refractivity contribution is 0.303. The van der Waals surface area contributed by atoms with E-state index in [0.29, 0.717) is 6.04 Å². The van der Waals surface area contributed by atoms with Crippen LogP contribution in [0.5, 0.6) is 0 Å². The van der Waals surface area contributed by atoms with Crippen molar-refractivity contribution in [2.24, 2.45) is 0 Å². The van der Waals surface area contributed by atoms with Crippen molar-refractivity contribution in [2.45, 2.75) is 83.6 Å². The van der Waals surface area contributed by atoms with E-state index in [4.69, 9.17) is 0 Å². The zero-order chi connectivity index (χ0) is 13.1. The fourth-order valence-electron chi connectivity index (χ4n) is 2.94. The molecule has 1 nitrogen and oxygen atoms in total. The molecule has 1 saturated carbocycles. The topological polar surface area (TPSA) is 3.24 Å². The maximum Gasteiger partial charge on any atom is 0.0330 e. The number of rotatable bonds is 3. The molecule has 0 unspecified atom stereocenters. The molecule has 0 aromatic heterocycles. The van der Waals surface area contributed by atoms with E-state index in [2.05, 4.69) is 30.7 Å². The lowest BCUT2D eigenvalue weighted by atomic mass is 9.97. The Morgan fingerprint density at radius 1 is 0.833 bits per heavy atom. The normalized spacial score (nSPS) is 21.2. The maximum absolute atomic E-state index is 3.96. The van der Waals surface area contributed by atoms with Crippen LogP contribution in [0.15, 0.2) is 25.1 Å². The second-order valence-electron chi connectivity index (χ2n) is 5.53. The van der Waals surface area contributed by atoms with Gasteiger partial charge in [0.1, 0.15) is 0 Å². The summed E-state index contributed by atoms with van der Waals surface area (Å²) in [5.41, 5.74) is 0. The van der Waals surface area contributed by atoms with Gasteiger partial charge in [0.05, 0.1) is 0 Å². The van der Waals surface area contributed by atoms with Crippen LogP contribution in [0.25, 0.3) is 0 Å². The fourth-order valence-corrected chi connectivity index (χ4v) is 2.94. The van der Waals surface area contributed by atoms with Crippen molar-refractivity contribution in [3.05, 3.63) is 25.1 Å². The molecule has 0 N–H and O–H groups in total. The maximum atomic E-state index is 3.96. The first kappa shape index (κ1) is 15.3. The lowest BCUT2D eigenvalue weighted by Crippen LogP contribution is -2.26. The molecule has 1 fully saturated rings. The Labute approximate surface area is 114 Å². The Balaban J connectivity index is 2.46. The molecule has 1 rings (SSSR count). The summed E-state index contributed by atoms with van der Waals surface area (Å²) in [5, 5.41) is 0. The second kappa shape index (κ2) is 10.2. The molecule has 0 aromatic carbocycles. The predicted octanol–water partition coefficient (Wildman–Crippen LogP) is 5.64. The Morgan fingerprint density at radius 3 is 1.67 bits per heavy atom. The molecule has 0 spiro atoms. The van der Waals surface area contributed by atoms with Crippen molar-refractivity contribution in [3.8, 4) is 0 Å². The molecule has 0 heterocycles. The zero-order valence-electron chi connectivity index (χ0n) is 12.2. The molecule has 0 saturated heterocycles. The molecule has 104 valence electrons. The van der Waals surface area contributed by atoms with Crippen molar-refractivity contribution in [2.75, 3.05) is 0 Å². The minimum absolute atomic E-state index is 0.679. The second-order valence-corrected chi connectivity index (χ2v) is 5.53. The van der Waals surface area contributed by atoms with Crippen LogP contribution < -0.4 is 0 Å². The van der Waals surface area contributed by atoms with Crippen molar-refractivity contribution < 1.29 is 0 Å². The number of allylic oxidation sites excluding steroid dienone is 1. The molecule has 0 aromatic rings. The Kier molecular flexibility index (Phi) is 8.71. The van der Waals surface area contributed by atoms with Crippen molar-refractivity contribution in [1.29, 1.82) is 0 Å². The van der Waals surface area contributed by atoms with E-state index in [1.54, 1.807) is 0 Å². The first-order chi connectivity index (χ1) is 8.88. The van der Waals surface area contributed by atoms with E-state index in [9.17, 15) is 0 Å². The Hall–Kier alpha value is -0.720. The first-order valence-electron chi connectivity index (χ1n) is 7.91. The van der Waals surface area contributed by atoms with Gasteiger partial charge in [0.25, 0.3) is 0 Å². The quantitative estimate of drug-likeness (QED) is 0.625. The SMILES string of the molecule is C=CN(/C=C\C)C1CCCCCCCCCCC1. The van der Waals surface area contributed by atoms with Crippen LogP contribution in [0.4, 0.5) is 0 Å². The molecule has 0 radical (unpaired) electrons. The average molecular weight is 249 g/mol. The van der Waals surface area contributed by atoms with Crippen LogP contribution in [0.1, 0.15) is 77.6 Å². The molecular weight excluding hydrogens is 218 g/mol. The highest BCUT2D eigenvalue weighted by molar-refractivity contribution is 4.90. The van der Waals surface area contributed by atoms with Gasteiger partial charge in [-0.25, -0.2) is 0 Å². The predicted molar refractivity (Wildman–Crippen MR) is 81.4 cm³/mol. The van der Waals surface area contributed by atoms with Crippen LogP contribution in [-0.2, 0) is 0 Å². The van der Waals surface area contributed by atoms with Gasteiger partial charge in [-0.1, -0.05) is 70.4 Å². The molecule has 0 aliphatic heterocycles. The molecule has 1 aliphatic carbocycles. The highest BCUT2D eigenvalue weighted by atomic mass is 15.1.